The maximum absolute atomic E-state index is 9.62. The van der Waals surface area contributed by atoms with Gasteiger partial charge in [0.2, 0.25) is 0 Å². The van der Waals surface area contributed by atoms with Crippen LogP contribution >= 0.6 is 0 Å². The molecule has 1 aliphatic carbocycles. The Bertz CT molecular complexity index is 226. The molecule has 3 nitrogen and oxygen atoms in total. The van der Waals surface area contributed by atoms with Gasteiger partial charge in [-0.2, -0.15) is 0 Å². The zero-order valence-corrected chi connectivity index (χ0v) is 11.1. The molecule has 3 heteroatoms. The average molecular weight is 241 g/mol. The molecule has 0 spiro atoms. The van der Waals surface area contributed by atoms with E-state index >= 15 is 0 Å². The molecule has 0 amide bonds. The lowest BCUT2D eigenvalue weighted by Gasteiger charge is -2.36. The Morgan fingerprint density at radius 1 is 1.29 bits per heavy atom. The van der Waals surface area contributed by atoms with Gasteiger partial charge in [0, 0.05) is 31.7 Å². The van der Waals surface area contributed by atoms with Gasteiger partial charge in [-0.15, -0.1) is 0 Å². The molecule has 2 atom stereocenters. The van der Waals surface area contributed by atoms with Crippen LogP contribution in [0.15, 0.2) is 0 Å². The predicted molar refractivity (Wildman–Crippen MR) is 69.0 cm³/mol. The number of ether oxygens (including phenoxy) is 1. The zero-order valence-electron chi connectivity index (χ0n) is 11.1. The first kappa shape index (κ1) is 13.3. The molecule has 0 aromatic carbocycles. The van der Waals surface area contributed by atoms with Crippen molar-refractivity contribution in [2.75, 3.05) is 26.3 Å². The van der Waals surface area contributed by atoms with Crippen LogP contribution < -0.4 is 5.32 Å². The van der Waals surface area contributed by atoms with Crippen LogP contribution in [0.2, 0.25) is 0 Å². The van der Waals surface area contributed by atoms with E-state index in [4.69, 9.17) is 4.74 Å². The lowest BCUT2D eigenvalue weighted by molar-refractivity contribution is 0.0762. The highest BCUT2D eigenvalue weighted by molar-refractivity contribution is 4.85. The van der Waals surface area contributed by atoms with Crippen LogP contribution in [0.3, 0.4) is 0 Å². The van der Waals surface area contributed by atoms with E-state index < -0.39 is 0 Å². The summed E-state index contributed by atoms with van der Waals surface area (Å²) in [5.41, 5.74) is 0.168. The lowest BCUT2D eigenvalue weighted by Crippen LogP contribution is -2.41. The summed E-state index contributed by atoms with van der Waals surface area (Å²) in [5, 5.41) is 13.2. The van der Waals surface area contributed by atoms with Crippen molar-refractivity contribution in [1.82, 2.24) is 5.32 Å². The van der Waals surface area contributed by atoms with Gasteiger partial charge in [0.05, 0.1) is 6.10 Å². The highest BCUT2D eigenvalue weighted by Crippen LogP contribution is 2.35. The Hall–Kier alpha value is -0.120. The van der Waals surface area contributed by atoms with Crippen LogP contribution in [0.1, 0.15) is 45.4 Å². The minimum Gasteiger partial charge on any atom is -0.396 e. The summed E-state index contributed by atoms with van der Waals surface area (Å²) in [4.78, 5) is 0. The van der Waals surface area contributed by atoms with Gasteiger partial charge in [-0.3, -0.25) is 0 Å². The van der Waals surface area contributed by atoms with Crippen molar-refractivity contribution < 1.29 is 9.84 Å². The van der Waals surface area contributed by atoms with E-state index in [1.807, 2.05) is 0 Å². The number of hydrogen-bond acceptors (Lipinski definition) is 3. The van der Waals surface area contributed by atoms with Crippen LogP contribution in [0.4, 0.5) is 0 Å². The Labute approximate surface area is 105 Å². The normalized spacial score (nSPS) is 32.8. The molecular formula is C14H27NO2. The van der Waals surface area contributed by atoms with E-state index in [0.717, 1.165) is 19.7 Å². The first-order valence-electron chi connectivity index (χ1n) is 7.19. The van der Waals surface area contributed by atoms with Gasteiger partial charge in [-0.05, 0) is 32.1 Å². The maximum atomic E-state index is 9.62. The second-order valence-electron chi connectivity index (χ2n) is 5.97. The molecule has 1 heterocycles. The molecule has 1 saturated heterocycles. The fraction of sp³-hybridized carbons (Fsp3) is 1.00. The van der Waals surface area contributed by atoms with Gasteiger partial charge in [-0.25, -0.2) is 0 Å². The fourth-order valence-electron chi connectivity index (χ4n) is 3.26. The van der Waals surface area contributed by atoms with Crippen LogP contribution in [0, 0.1) is 11.3 Å². The number of rotatable bonds is 5. The molecule has 0 bridgehead atoms. The highest BCUT2D eigenvalue weighted by Gasteiger charge is 2.31. The molecule has 2 fully saturated rings. The van der Waals surface area contributed by atoms with E-state index in [1.165, 1.54) is 38.5 Å². The highest BCUT2D eigenvalue weighted by atomic mass is 16.5. The fourth-order valence-corrected chi connectivity index (χ4v) is 3.26. The lowest BCUT2D eigenvalue weighted by atomic mass is 9.74. The van der Waals surface area contributed by atoms with E-state index in [2.05, 4.69) is 12.2 Å². The second kappa shape index (κ2) is 6.17. The third-order valence-electron chi connectivity index (χ3n) is 4.69. The predicted octanol–water partition coefficient (Wildman–Crippen LogP) is 1.94. The minimum absolute atomic E-state index is 0.168. The molecule has 1 aliphatic heterocycles. The number of nitrogens with one attached hydrogen (secondary N) is 1. The first-order valence-corrected chi connectivity index (χ1v) is 7.19. The van der Waals surface area contributed by atoms with Gasteiger partial charge in [0.15, 0.2) is 0 Å². The van der Waals surface area contributed by atoms with Crippen LogP contribution in [0.25, 0.3) is 0 Å². The zero-order chi connectivity index (χ0) is 12.1. The molecule has 1 saturated carbocycles. The van der Waals surface area contributed by atoms with Crippen LogP contribution in [-0.4, -0.2) is 37.5 Å². The van der Waals surface area contributed by atoms with Crippen molar-refractivity contribution >= 4 is 0 Å². The van der Waals surface area contributed by atoms with Crippen molar-refractivity contribution in [3.63, 3.8) is 0 Å². The molecule has 2 rings (SSSR count). The molecule has 2 N–H and O–H groups in total. The largest absolute Gasteiger partial charge is 0.396 e. The third-order valence-corrected chi connectivity index (χ3v) is 4.69. The summed E-state index contributed by atoms with van der Waals surface area (Å²) < 4.78 is 5.57. The van der Waals surface area contributed by atoms with Crippen LogP contribution in [-0.2, 0) is 4.74 Å². The average Bonchev–Trinajstić information content (AvgIpc) is 2.76. The molecule has 2 unspecified atom stereocenters. The smallest absolute Gasteiger partial charge is 0.0588 e. The van der Waals surface area contributed by atoms with E-state index in [1.54, 1.807) is 0 Å². The Morgan fingerprint density at radius 3 is 2.65 bits per heavy atom. The van der Waals surface area contributed by atoms with E-state index in [9.17, 15) is 5.11 Å². The Kier molecular flexibility index (Phi) is 4.83. The van der Waals surface area contributed by atoms with Crippen molar-refractivity contribution in [3.05, 3.63) is 0 Å². The summed E-state index contributed by atoms with van der Waals surface area (Å²) in [6.07, 6.45) is 7.87. The molecule has 100 valence electrons. The monoisotopic (exact) mass is 241 g/mol. The summed E-state index contributed by atoms with van der Waals surface area (Å²) in [5.74, 6) is 0.661. The minimum atomic E-state index is 0.168. The molecule has 2 aliphatic rings. The summed E-state index contributed by atoms with van der Waals surface area (Å²) in [7, 11) is 0. The number of aliphatic hydroxyl groups excluding tert-OH is 1. The van der Waals surface area contributed by atoms with Crippen molar-refractivity contribution in [3.8, 4) is 0 Å². The summed E-state index contributed by atoms with van der Waals surface area (Å²) >= 11 is 0. The standard InChI is InChI=1S/C14H27NO2/c1-12-13(5-8-17-12)9-15-10-14(11-16)6-3-2-4-7-14/h12-13,15-16H,2-11H2,1H3. The molecule has 0 aromatic heterocycles. The van der Waals surface area contributed by atoms with Gasteiger partial charge in [0.1, 0.15) is 0 Å². The third kappa shape index (κ3) is 3.43. The molecule has 17 heavy (non-hydrogen) atoms. The second-order valence-corrected chi connectivity index (χ2v) is 5.97. The van der Waals surface area contributed by atoms with E-state index in [-0.39, 0.29) is 5.41 Å². The SMILES string of the molecule is CC1OCCC1CNCC1(CO)CCCCC1. The number of aliphatic hydroxyl groups is 1. The summed E-state index contributed by atoms with van der Waals surface area (Å²) in [6, 6.07) is 0. The molecule has 0 aromatic rings. The number of hydrogen-bond donors (Lipinski definition) is 2. The van der Waals surface area contributed by atoms with Crippen molar-refractivity contribution in [2.45, 2.75) is 51.6 Å². The molecule has 0 radical (unpaired) electrons. The van der Waals surface area contributed by atoms with Crippen LogP contribution in [0.5, 0.6) is 0 Å². The van der Waals surface area contributed by atoms with Gasteiger partial charge in [-0.1, -0.05) is 19.3 Å². The van der Waals surface area contributed by atoms with Gasteiger partial charge < -0.3 is 15.2 Å². The maximum Gasteiger partial charge on any atom is 0.0588 e. The quantitative estimate of drug-likeness (QED) is 0.773. The van der Waals surface area contributed by atoms with Crippen molar-refractivity contribution in [2.24, 2.45) is 11.3 Å². The topological polar surface area (TPSA) is 41.5 Å². The van der Waals surface area contributed by atoms with E-state index in [0.29, 0.717) is 18.6 Å². The summed E-state index contributed by atoms with van der Waals surface area (Å²) in [6.45, 7) is 5.45. The first-order chi connectivity index (χ1) is 8.26. The Morgan fingerprint density at radius 2 is 2.06 bits per heavy atom. The Balaban J connectivity index is 1.72. The van der Waals surface area contributed by atoms with Gasteiger partial charge in [0.25, 0.3) is 0 Å². The van der Waals surface area contributed by atoms with Crippen molar-refractivity contribution in [1.29, 1.82) is 0 Å². The molecular weight excluding hydrogens is 214 g/mol. The van der Waals surface area contributed by atoms with Gasteiger partial charge >= 0.3 is 0 Å².